The molecule has 1 aliphatic heterocycles. The van der Waals surface area contributed by atoms with Crippen molar-refractivity contribution in [1.82, 2.24) is 10.2 Å². The van der Waals surface area contributed by atoms with Crippen LogP contribution in [0.3, 0.4) is 0 Å². The van der Waals surface area contributed by atoms with Gasteiger partial charge in [-0.25, -0.2) is 4.79 Å². The summed E-state index contributed by atoms with van der Waals surface area (Å²) in [5, 5.41) is 3.37. The average molecular weight is 395 g/mol. The summed E-state index contributed by atoms with van der Waals surface area (Å²) < 4.78 is 0. The molecule has 2 aliphatic carbocycles. The first-order valence-corrected chi connectivity index (χ1v) is 11.9. The molecule has 1 aromatic heterocycles. The highest BCUT2D eigenvalue weighted by atomic mass is 32.1. The molecular weight excluding hydrogens is 364 g/mol. The minimum Gasteiger partial charge on any atom is -0.335 e. The SMILES string of the molecule is O=C(NC1CCCCC1)N1CCc2c(sc3c2CCCC3)C1c1ccccc1. The molecule has 0 saturated heterocycles. The fourth-order valence-electron chi connectivity index (χ4n) is 5.34. The second-order valence-electron chi connectivity index (χ2n) is 8.59. The Hall–Kier alpha value is -1.81. The molecule has 5 rings (SSSR count). The molecule has 2 heterocycles. The van der Waals surface area contributed by atoms with Gasteiger partial charge in [-0.05, 0) is 61.6 Å². The summed E-state index contributed by atoms with van der Waals surface area (Å²) in [4.78, 5) is 18.5. The molecule has 0 radical (unpaired) electrons. The maximum Gasteiger partial charge on any atom is 0.318 e. The van der Waals surface area contributed by atoms with E-state index in [9.17, 15) is 4.79 Å². The van der Waals surface area contributed by atoms with Gasteiger partial charge < -0.3 is 10.2 Å². The van der Waals surface area contributed by atoms with Crippen molar-refractivity contribution in [3.63, 3.8) is 0 Å². The Labute approximate surface area is 172 Å². The second-order valence-corrected chi connectivity index (χ2v) is 9.73. The van der Waals surface area contributed by atoms with Gasteiger partial charge in [0.25, 0.3) is 0 Å². The second kappa shape index (κ2) is 7.90. The Morgan fingerprint density at radius 1 is 0.929 bits per heavy atom. The minimum atomic E-state index is 0.0733. The predicted octanol–water partition coefficient (Wildman–Crippen LogP) is 5.62. The van der Waals surface area contributed by atoms with Crippen LogP contribution in [0.25, 0.3) is 0 Å². The van der Waals surface area contributed by atoms with Crippen molar-refractivity contribution in [2.45, 2.75) is 76.3 Å². The number of thiophene rings is 1. The van der Waals surface area contributed by atoms with Gasteiger partial charge in [0.1, 0.15) is 0 Å². The standard InChI is InChI=1S/C24H30N2OS/c27-24(25-18-11-5-2-6-12-18)26-16-15-20-19-13-7-8-14-21(19)28-23(20)22(26)17-9-3-1-4-10-17/h1,3-4,9-10,18,22H,2,5-8,11-16H2,(H,25,27). The first kappa shape index (κ1) is 18.2. The zero-order chi connectivity index (χ0) is 18.9. The number of hydrogen-bond acceptors (Lipinski definition) is 2. The van der Waals surface area contributed by atoms with E-state index in [-0.39, 0.29) is 12.1 Å². The van der Waals surface area contributed by atoms with Crippen molar-refractivity contribution in [2.75, 3.05) is 6.54 Å². The van der Waals surface area contributed by atoms with E-state index in [2.05, 4.69) is 40.5 Å². The largest absolute Gasteiger partial charge is 0.335 e. The number of carbonyl (C=O) groups excluding carboxylic acids is 1. The quantitative estimate of drug-likeness (QED) is 0.705. The molecule has 2 amide bonds. The van der Waals surface area contributed by atoms with Gasteiger partial charge in [0.15, 0.2) is 0 Å². The number of rotatable bonds is 2. The monoisotopic (exact) mass is 394 g/mol. The first-order valence-electron chi connectivity index (χ1n) is 11.1. The number of aryl methyl sites for hydroxylation is 1. The fraction of sp³-hybridized carbons (Fsp3) is 0.542. The van der Waals surface area contributed by atoms with Gasteiger partial charge in [-0.3, -0.25) is 0 Å². The zero-order valence-electron chi connectivity index (χ0n) is 16.6. The van der Waals surface area contributed by atoms with Crippen molar-refractivity contribution in [3.8, 4) is 0 Å². The molecule has 0 spiro atoms. The minimum absolute atomic E-state index is 0.0733. The molecule has 1 fully saturated rings. The number of amides is 2. The number of nitrogens with one attached hydrogen (secondary N) is 1. The van der Waals surface area contributed by atoms with Gasteiger partial charge in [0.05, 0.1) is 6.04 Å². The number of nitrogens with zero attached hydrogens (tertiary/aromatic N) is 1. The summed E-state index contributed by atoms with van der Waals surface area (Å²) in [6.45, 7) is 0.828. The summed E-state index contributed by atoms with van der Waals surface area (Å²) >= 11 is 1.99. The number of benzene rings is 1. The highest BCUT2D eigenvalue weighted by Gasteiger charge is 2.36. The summed E-state index contributed by atoms with van der Waals surface area (Å²) in [6, 6.07) is 11.2. The fourth-order valence-corrected chi connectivity index (χ4v) is 6.92. The van der Waals surface area contributed by atoms with E-state index >= 15 is 0 Å². The molecule has 2 aromatic rings. The van der Waals surface area contributed by atoms with Gasteiger partial charge in [-0.2, -0.15) is 0 Å². The van der Waals surface area contributed by atoms with E-state index in [1.165, 1.54) is 55.4 Å². The van der Waals surface area contributed by atoms with Gasteiger partial charge >= 0.3 is 6.03 Å². The molecule has 28 heavy (non-hydrogen) atoms. The predicted molar refractivity (Wildman–Crippen MR) is 115 cm³/mol. The topological polar surface area (TPSA) is 32.3 Å². The lowest BCUT2D eigenvalue weighted by molar-refractivity contribution is 0.174. The van der Waals surface area contributed by atoms with Gasteiger partial charge in [-0.15, -0.1) is 11.3 Å². The molecule has 1 atom stereocenters. The molecule has 4 heteroatoms. The van der Waals surface area contributed by atoms with Crippen LogP contribution in [0, 0.1) is 0 Å². The Kier molecular flexibility index (Phi) is 5.15. The van der Waals surface area contributed by atoms with Crippen molar-refractivity contribution < 1.29 is 4.79 Å². The number of hydrogen-bond donors (Lipinski definition) is 1. The Morgan fingerprint density at radius 3 is 2.54 bits per heavy atom. The van der Waals surface area contributed by atoms with E-state index in [1.54, 1.807) is 16.0 Å². The van der Waals surface area contributed by atoms with Crippen molar-refractivity contribution in [3.05, 3.63) is 56.8 Å². The van der Waals surface area contributed by atoms with E-state index in [0.717, 1.165) is 25.8 Å². The molecule has 3 nitrogen and oxygen atoms in total. The van der Waals surface area contributed by atoms with Crippen LogP contribution in [0.15, 0.2) is 30.3 Å². The molecule has 1 aromatic carbocycles. The van der Waals surface area contributed by atoms with Crippen molar-refractivity contribution in [1.29, 1.82) is 0 Å². The molecule has 0 bridgehead atoms. The van der Waals surface area contributed by atoms with Crippen LogP contribution in [-0.2, 0) is 19.3 Å². The van der Waals surface area contributed by atoms with Crippen LogP contribution in [0.1, 0.15) is 77.4 Å². The van der Waals surface area contributed by atoms with Crippen molar-refractivity contribution >= 4 is 17.4 Å². The molecule has 1 unspecified atom stereocenters. The third kappa shape index (κ3) is 3.36. The van der Waals surface area contributed by atoms with Crippen molar-refractivity contribution in [2.24, 2.45) is 0 Å². The molecular formula is C24H30N2OS. The molecule has 3 aliphatic rings. The van der Waals surface area contributed by atoms with Crippen LogP contribution in [0.5, 0.6) is 0 Å². The maximum atomic E-state index is 13.3. The molecule has 1 saturated carbocycles. The van der Waals surface area contributed by atoms with E-state index in [1.807, 2.05) is 11.3 Å². The van der Waals surface area contributed by atoms with Crippen LogP contribution in [-0.4, -0.2) is 23.5 Å². The lowest BCUT2D eigenvalue weighted by Crippen LogP contribution is -2.49. The molecule has 1 N–H and O–H groups in total. The van der Waals surface area contributed by atoms with Gasteiger partial charge in [-0.1, -0.05) is 49.6 Å². The van der Waals surface area contributed by atoms with Crippen LogP contribution in [0.2, 0.25) is 0 Å². The molecule has 148 valence electrons. The van der Waals surface area contributed by atoms with Crippen LogP contribution >= 0.6 is 11.3 Å². The highest BCUT2D eigenvalue weighted by Crippen LogP contribution is 2.45. The third-order valence-electron chi connectivity index (χ3n) is 6.78. The number of urea groups is 1. The third-order valence-corrected chi connectivity index (χ3v) is 8.17. The summed E-state index contributed by atoms with van der Waals surface area (Å²) in [6.07, 6.45) is 12.2. The average Bonchev–Trinajstić information content (AvgIpc) is 3.13. The normalized spacial score (nSPS) is 22.4. The summed E-state index contributed by atoms with van der Waals surface area (Å²) in [5.41, 5.74) is 4.44. The highest BCUT2D eigenvalue weighted by molar-refractivity contribution is 7.12. The van der Waals surface area contributed by atoms with Crippen LogP contribution in [0.4, 0.5) is 4.79 Å². The van der Waals surface area contributed by atoms with Crippen LogP contribution < -0.4 is 5.32 Å². The summed E-state index contributed by atoms with van der Waals surface area (Å²) in [5.74, 6) is 0. The van der Waals surface area contributed by atoms with Gasteiger partial charge in [0.2, 0.25) is 0 Å². The summed E-state index contributed by atoms with van der Waals surface area (Å²) in [7, 11) is 0. The van der Waals surface area contributed by atoms with E-state index in [4.69, 9.17) is 0 Å². The van der Waals surface area contributed by atoms with E-state index in [0.29, 0.717) is 6.04 Å². The maximum absolute atomic E-state index is 13.3. The Bertz CT molecular complexity index is 838. The lowest BCUT2D eigenvalue weighted by atomic mass is 9.88. The number of carbonyl (C=O) groups is 1. The van der Waals surface area contributed by atoms with E-state index < -0.39 is 0 Å². The Morgan fingerprint density at radius 2 is 1.71 bits per heavy atom. The number of fused-ring (bicyclic) bond motifs is 3. The Balaban J connectivity index is 1.48. The smallest absolute Gasteiger partial charge is 0.318 e. The lowest BCUT2D eigenvalue weighted by Gasteiger charge is -2.37. The first-order chi connectivity index (χ1) is 13.8. The van der Waals surface area contributed by atoms with Gasteiger partial charge in [0, 0.05) is 22.3 Å². The zero-order valence-corrected chi connectivity index (χ0v) is 17.4.